The molecule has 3 rings (SSSR count). The maximum absolute atomic E-state index is 12.3. The lowest BCUT2D eigenvalue weighted by molar-refractivity contribution is 0.102. The number of nitrogens with one attached hydrogen (secondary N) is 1. The lowest BCUT2D eigenvalue weighted by atomic mass is 10.2. The van der Waals surface area contributed by atoms with Gasteiger partial charge in [0.05, 0.1) is 7.11 Å². The zero-order valence-electron chi connectivity index (χ0n) is 14.7. The van der Waals surface area contributed by atoms with E-state index in [2.05, 4.69) is 29.4 Å². The Balaban J connectivity index is 1.74. The normalized spacial score (nSPS) is 10.8. The predicted octanol–water partition coefficient (Wildman–Crippen LogP) is 4.50. The number of anilines is 1. The number of methoxy groups -OCH3 is 1. The molecule has 0 bridgehead atoms. The molecule has 1 amide bonds. The highest BCUT2D eigenvalue weighted by Gasteiger charge is 2.14. The van der Waals surface area contributed by atoms with E-state index in [1.807, 2.05) is 24.3 Å². The van der Waals surface area contributed by atoms with Crippen LogP contribution in [-0.4, -0.2) is 28.5 Å². The molecule has 0 spiro atoms. The van der Waals surface area contributed by atoms with Gasteiger partial charge in [-0.3, -0.25) is 10.1 Å². The summed E-state index contributed by atoms with van der Waals surface area (Å²) in [6.07, 6.45) is 0. The Bertz CT molecular complexity index is 908. The number of rotatable bonds is 6. The highest BCUT2D eigenvalue weighted by Crippen LogP contribution is 2.28. The minimum Gasteiger partial charge on any atom is -0.497 e. The highest BCUT2D eigenvalue weighted by atomic mass is 32.2. The summed E-state index contributed by atoms with van der Waals surface area (Å²) in [4.78, 5) is 13.4. The zero-order chi connectivity index (χ0) is 18.5. The van der Waals surface area contributed by atoms with Crippen molar-refractivity contribution in [2.45, 2.75) is 24.0 Å². The highest BCUT2D eigenvalue weighted by molar-refractivity contribution is 7.99. The number of ether oxygens (including phenoxy) is 1. The van der Waals surface area contributed by atoms with Crippen molar-refractivity contribution in [1.29, 1.82) is 0 Å². The van der Waals surface area contributed by atoms with Crippen LogP contribution in [0.15, 0.2) is 57.8 Å². The summed E-state index contributed by atoms with van der Waals surface area (Å²) in [5.41, 5.74) is 1.25. The van der Waals surface area contributed by atoms with E-state index < -0.39 is 0 Å². The SMILES string of the molecule is COc1cccc(C(=O)Nc2nnc(-c3cccc(SC(C)C)c3)o2)c1. The number of aromatic nitrogens is 2. The Morgan fingerprint density at radius 2 is 1.96 bits per heavy atom. The van der Waals surface area contributed by atoms with Gasteiger partial charge in [-0.2, -0.15) is 0 Å². The summed E-state index contributed by atoms with van der Waals surface area (Å²) in [6.45, 7) is 4.27. The molecule has 0 unspecified atom stereocenters. The van der Waals surface area contributed by atoms with Crippen molar-refractivity contribution < 1.29 is 13.9 Å². The van der Waals surface area contributed by atoms with Crippen LogP contribution in [-0.2, 0) is 0 Å². The van der Waals surface area contributed by atoms with E-state index >= 15 is 0 Å². The van der Waals surface area contributed by atoms with Gasteiger partial charge >= 0.3 is 6.01 Å². The minimum absolute atomic E-state index is 0.0507. The lowest BCUT2D eigenvalue weighted by Gasteiger charge is -2.05. The van der Waals surface area contributed by atoms with Crippen molar-refractivity contribution >= 4 is 23.7 Å². The number of amides is 1. The van der Waals surface area contributed by atoms with Crippen LogP contribution in [0, 0.1) is 0 Å². The van der Waals surface area contributed by atoms with Crippen molar-refractivity contribution in [3.05, 3.63) is 54.1 Å². The molecular formula is C19H19N3O3S. The molecule has 6 nitrogen and oxygen atoms in total. The minimum atomic E-state index is -0.344. The topological polar surface area (TPSA) is 77.2 Å². The van der Waals surface area contributed by atoms with Crippen LogP contribution in [0.25, 0.3) is 11.5 Å². The fourth-order valence-corrected chi connectivity index (χ4v) is 3.20. The summed E-state index contributed by atoms with van der Waals surface area (Å²) in [5.74, 6) is 0.615. The van der Waals surface area contributed by atoms with E-state index in [0.717, 1.165) is 10.5 Å². The molecule has 0 aliphatic heterocycles. The molecule has 0 atom stereocenters. The number of carbonyl (C=O) groups is 1. The summed E-state index contributed by atoms with van der Waals surface area (Å²) in [6, 6.07) is 14.7. The molecule has 3 aromatic rings. The van der Waals surface area contributed by atoms with Gasteiger partial charge in [0.2, 0.25) is 5.89 Å². The fraction of sp³-hybridized carbons (Fsp3) is 0.211. The standard InChI is InChI=1S/C19H19N3O3S/c1-12(2)26-16-9-5-7-14(11-16)18-21-22-19(25-18)20-17(23)13-6-4-8-15(10-13)24-3/h4-12H,1-3H3,(H,20,22,23). The number of carbonyl (C=O) groups excluding carboxylic acids is 1. The van der Waals surface area contributed by atoms with Gasteiger partial charge in [0.15, 0.2) is 0 Å². The van der Waals surface area contributed by atoms with Crippen molar-refractivity contribution in [3.63, 3.8) is 0 Å². The second-order valence-electron chi connectivity index (χ2n) is 5.79. The predicted molar refractivity (Wildman–Crippen MR) is 102 cm³/mol. The largest absolute Gasteiger partial charge is 0.497 e. The van der Waals surface area contributed by atoms with E-state index in [0.29, 0.717) is 22.5 Å². The Morgan fingerprint density at radius 1 is 1.15 bits per heavy atom. The summed E-state index contributed by atoms with van der Waals surface area (Å²) in [5, 5.41) is 11.0. The molecule has 1 heterocycles. The third kappa shape index (κ3) is 4.43. The van der Waals surface area contributed by atoms with Crippen molar-refractivity contribution in [2.24, 2.45) is 0 Å². The quantitative estimate of drug-likeness (QED) is 0.645. The van der Waals surface area contributed by atoms with Crippen LogP contribution in [0.5, 0.6) is 5.75 Å². The molecule has 0 aliphatic carbocycles. The number of benzene rings is 2. The Kier molecular flexibility index (Phi) is 5.58. The monoisotopic (exact) mass is 369 g/mol. The van der Waals surface area contributed by atoms with Crippen LogP contribution in [0.2, 0.25) is 0 Å². The van der Waals surface area contributed by atoms with Crippen molar-refractivity contribution in [3.8, 4) is 17.2 Å². The maximum Gasteiger partial charge on any atom is 0.322 e. The summed E-state index contributed by atoms with van der Waals surface area (Å²) >= 11 is 1.75. The molecule has 1 N–H and O–H groups in total. The van der Waals surface area contributed by atoms with Crippen LogP contribution in [0.1, 0.15) is 24.2 Å². The van der Waals surface area contributed by atoms with Gasteiger partial charge in [-0.25, -0.2) is 0 Å². The number of thioether (sulfide) groups is 1. The zero-order valence-corrected chi connectivity index (χ0v) is 15.5. The number of nitrogens with zero attached hydrogens (tertiary/aromatic N) is 2. The van der Waals surface area contributed by atoms with E-state index in [9.17, 15) is 4.79 Å². The van der Waals surface area contributed by atoms with Gasteiger partial charge in [0, 0.05) is 21.3 Å². The Morgan fingerprint density at radius 3 is 2.73 bits per heavy atom. The Hall–Kier alpha value is -2.80. The molecule has 2 aromatic carbocycles. The van der Waals surface area contributed by atoms with E-state index in [4.69, 9.17) is 9.15 Å². The molecule has 0 saturated heterocycles. The lowest BCUT2D eigenvalue weighted by Crippen LogP contribution is -2.12. The summed E-state index contributed by atoms with van der Waals surface area (Å²) < 4.78 is 10.7. The first-order valence-electron chi connectivity index (χ1n) is 8.11. The molecule has 0 radical (unpaired) electrons. The summed E-state index contributed by atoms with van der Waals surface area (Å²) in [7, 11) is 1.55. The fourth-order valence-electron chi connectivity index (χ4n) is 2.30. The van der Waals surface area contributed by atoms with E-state index in [-0.39, 0.29) is 11.9 Å². The van der Waals surface area contributed by atoms with Gasteiger partial charge in [-0.1, -0.05) is 31.1 Å². The average Bonchev–Trinajstić information content (AvgIpc) is 3.10. The van der Waals surface area contributed by atoms with Crippen molar-refractivity contribution in [2.75, 3.05) is 12.4 Å². The van der Waals surface area contributed by atoms with E-state index in [1.54, 1.807) is 43.1 Å². The average molecular weight is 369 g/mol. The van der Waals surface area contributed by atoms with Gasteiger partial charge < -0.3 is 9.15 Å². The molecule has 0 fully saturated rings. The first-order chi connectivity index (χ1) is 12.5. The molecule has 7 heteroatoms. The first kappa shape index (κ1) is 18.0. The maximum atomic E-state index is 12.3. The van der Waals surface area contributed by atoms with Crippen LogP contribution < -0.4 is 10.1 Å². The van der Waals surface area contributed by atoms with Gasteiger partial charge in [0.25, 0.3) is 5.91 Å². The Labute approximate surface area is 156 Å². The third-order valence-corrected chi connectivity index (χ3v) is 4.43. The molecule has 0 saturated carbocycles. The molecule has 0 aliphatic rings. The molecule has 1 aromatic heterocycles. The molecular weight excluding hydrogens is 350 g/mol. The number of hydrogen-bond acceptors (Lipinski definition) is 6. The first-order valence-corrected chi connectivity index (χ1v) is 8.99. The molecule has 26 heavy (non-hydrogen) atoms. The second kappa shape index (κ2) is 8.05. The van der Waals surface area contributed by atoms with Crippen LogP contribution >= 0.6 is 11.8 Å². The van der Waals surface area contributed by atoms with Gasteiger partial charge in [0.1, 0.15) is 5.75 Å². The van der Waals surface area contributed by atoms with Crippen molar-refractivity contribution in [1.82, 2.24) is 10.2 Å². The van der Waals surface area contributed by atoms with Gasteiger partial charge in [-0.15, -0.1) is 16.9 Å². The van der Waals surface area contributed by atoms with Gasteiger partial charge in [-0.05, 0) is 36.4 Å². The second-order valence-corrected chi connectivity index (χ2v) is 7.44. The smallest absolute Gasteiger partial charge is 0.322 e. The van der Waals surface area contributed by atoms with Crippen LogP contribution in [0.3, 0.4) is 0 Å². The third-order valence-electron chi connectivity index (χ3n) is 3.43. The van der Waals surface area contributed by atoms with Crippen LogP contribution in [0.4, 0.5) is 6.01 Å². The number of hydrogen-bond donors (Lipinski definition) is 1. The molecule has 134 valence electrons. The van der Waals surface area contributed by atoms with E-state index in [1.165, 1.54) is 0 Å².